The molecule has 0 fully saturated rings. The molecule has 26 heavy (non-hydrogen) atoms. The second-order valence-corrected chi connectivity index (χ2v) is 5.49. The Labute approximate surface area is 151 Å². The fourth-order valence-corrected chi connectivity index (χ4v) is 2.41. The van der Waals surface area contributed by atoms with E-state index in [1.54, 1.807) is 50.0 Å². The van der Waals surface area contributed by atoms with Crippen LogP contribution in [0.4, 0.5) is 0 Å². The van der Waals surface area contributed by atoms with Crippen molar-refractivity contribution in [1.29, 1.82) is 0 Å². The summed E-state index contributed by atoms with van der Waals surface area (Å²) in [5, 5.41) is 2.85. The van der Waals surface area contributed by atoms with Crippen LogP contribution in [0.5, 0.6) is 11.5 Å². The topological polar surface area (TPSA) is 73.3 Å². The first-order chi connectivity index (χ1) is 12.8. The second-order valence-electron chi connectivity index (χ2n) is 5.49. The highest BCUT2D eigenvalue weighted by Crippen LogP contribution is 2.20. The molecule has 132 valence electrons. The number of carbonyl (C=O) groups is 1. The molecule has 0 radical (unpaired) electrons. The number of nitrogens with one attached hydrogen (secondary N) is 1. The second kappa shape index (κ2) is 8.62. The van der Waals surface area contributed by atoms with Crippen molar-refractivity contribution < 1.29 is 14.3 Å². The predicted octanol–water partition coefficient (Wildman–Crippen LogP) is 2.85. The van der Waals surface area contributed by atoms with E-state index in [1.807, 2.05) is 24.3 Å². The Morgan fingerprint density at radius 3 is 2.54 bits per heavy atom. The molecule has 2 heterocycles. The van der Waals surface area contributed by atoms with Gasteiger partial charge in [0.25, 0.3) is 5.91 Å². The smallest absolute Gasteiger partial charge is 0.258 e. The zero-order valence-electron chi connectivity index (χ0n) is 14.4. The monoisotopic (exact) mass is 349 g/mol. The van der Waals surface area contributed by atoms with E-state index in [2.05, 4.69) is 15.3 Å². The molecule has 0 aliphatic carbocycles. The summed E-state index contributed by atoms with van der Waals surface area (Å²) in [6.45, 7) is 0.303. The van der Waals surface area contributed by atoms with Crippen LogP contribution in [-0.2, 0) is 11.3 Å². The van der Waals surface area contributed by atoms with E-state index in [4.69, 9.17) is 9.47 Å². The van der Waals surface area contributed by atoms with Crippen LogP contribution in [0.25, 0.3) is 11.3 Å². The van der Waals surface area contributed by atoms with Crippen molar-refractivity contribution in [1.82, 2.24) is 15.3 Å². The van der Waals surface area contributed by atoms with Crippen LogP contribution in [-0.4, -0.2) is 29.6 Å². The maximum absolute atomic E-state index is 12.1. The van der Waals surface area contributed by atoms with E-state index >= 15 is 0 Å². The highest BCUT2D eigenvalue weighted by Gasteiger charge is 2.08. The SMILES string of the molecule is COc1ccc(OCC(=O)NCc2cccnc2-c2cccnc2)cc1. The normalized spacial score (nSPS) is 10.2. The molecular formula is C20H19N3O3. The summed E-state index contributed by atoms with van der Waals surface area (Å²) in [7, 11) is 1.60. The van der Waals surface area contributed by atoms with Crippen LogP contribution in [0, 0.1) is 0 Å². The Hall–Kier alpha value is -3.41. The average molecular weight is 349 g/mol. The van der Waals surface area contributed by atoms with E-state index in [-0.39, 0.29) is 12.5 Å². The van der Waals surface area contributed by atoms with Gasteiger partial charge in [-0.3, -0.25) is 14.8 Å². The van der Waals surface area contributed by atoms with Gasteiger partial charge in [-0.15, -0.1) is 0 Å². The Morgan fingerprint density at radius 2 is 1.81 bits per heavy atom. The van der Waals surface area contributed by atoms with Gasteiger partial charge in [0, 0.05) is 30.7 Å². The molecule has 0 spiro atoms. The number of benzene rings is 1. The molecular weight excluding hydrogens is 330 g/mol. The Morgan fingerprint density at radius 1 is 1.04 bits per heavy atom. The first-order valence-electron chi connectivity index (χ1n) is 8.14. The van der Waals surface area contributed by atoms with Crippen molar-refractivity contribution in [3.63, 3.8) is 0 Å². The molecule has 1 N–H and O–H groups in total. The minimum Gasteiger partial charge on any atom is -0.497 e. The first-order valence-corrected chi connectivity index (χ1v) is 8.14. The molecule has 6 heteroatoms. The summed E-state index contributed by atoms with van der Waals surface area (Å²) >= 11 is 0. The molecule has 2 aromatic heterocycles. The van der Waals surface area contributed by atoms with E-state index < -0.39 is 0 Å². The van der Waals surface area contributed by atoms with Gasteiger partial charge in [-0.1, -0.05) is 6.07 Å². The number of amides is 1. The quantitative estimate of drug-likeness (QED) is 0.710. The molecule has 0 saturated heterocycles. The molecule has 3 aromatic rings. The number of ether oxygens (including phenoxy) is 2. The third-order valence-electron chi connectivity index (χ3n) is 3.73. The van der Waals surface area contributed by atoms with E-state index in [0.717, 1.165) is 22.6 Å². The van der Waals surface area contributed by atoms with Gasteiger partial charge in [-0.05, 0) is 48.0 Å². The summed E-state index contributed by atoms with van der Waals surface area (Å²) in [6.07, 6.45) is 5.19. The van der Waals surface area contributed by atoms with Crippen molar-refractivity contribution in [2.24, 2.45) is 0 Å². The number of aromatic nitrogens is 2. The molecule has 0 bridgehead atoms. The highest BCUT2D eigenvalue weighted by molar-refractivity contribution is 5.77. The van der Waals surface area contributed by atoms with Gasteiger partial charge in [-0.2, -0.15) is 0 Å². The van der Waals surface area contributed by atoms with Crippen LogP contribution < -0.4 is 14.8 Å². The molecule has 0 saturated carbocycles. The van der Waals surface area contributed by atoms with Crippen LogP contribution in [0.3, 0.4) is 0 Å². The van der Waals surface area contributed by atoms with Gasteiger partial charge in [0.2, 0.25) is 0 Å². The summed E-state index contributed by atoms with van der Waals surface area (Å²) < 4.78 is 10.6. The van der Waals surface area contributed by atoms with Crippen molar-refractivity contribution in [3.8, 4) is 22.8 Å². The third kappa shape index (κ3) is 4.57. The number of rotatable bonds is 7. The maximum Gasteiger partial charge on any atom is 0.258 e. The minimum atomic E-state index is -0.207. The largest absolute Gasteiger partial charge is 0.497 e. The van der Waals surface area contributed by atoms with E-state index in [0.29, 0.717) is 12.3 Å². The van der Waals surface area contributed by atoms with Crippen molar-refractivity contribution in [2.45, 2.75) is 6.54 Å². The first kappa shape index (κ1) is 17.4. The molecule has 3 rings (SSSR count). The molecule has 0 unspecified atom stereocenters. The fraction of sp³-hybridized carbons (Fsp3) is 0.150. The van der Waals surface area contributed by atoms with Gasteiger partial charge in [-0.25, -0.2) is 0 Å². The van der Waals surface area contributed by atoms with Crippen molar-refractivity contribution >= 4 is 5.91 Å². The lowest BCUT2D eigenvalue weighted by Crippen LogP contribution is -2.28. The Kier molecular flexibility index (Phi) is 5.77. The number of hydrogen-bond donors (Lipinski definition) is 1. The molecule has 0 aliphatic rings. The highest BCUT2D eigenvalue weighted by atomic mass is 16.5. The molecule has 1 aromatic carbocycles. The van der Waals surface area contributed by atoms with E-state index in [1.165, 1.54) is 0 Å². The standard InChI is InChI=1S/C20H19N3O3/c1-25-17-6-8-18(9-7-17)26-14-19(24)23-13-16-5-3-11-22-20(16)15-4-2-10-21-12-15/h2-12H,13-14H2,1H3,(H,23,24). The lowest BCUT2D eigenvalue weighted by atomic mass is 10.1. The summed E-state index contributed by atoms with van der Waals surface area (Å²) in [6, 6.07) is 14.6. The van der Waals surface area contributed by atoms with Gasteiger partial charge in [0.05, 0.1) is 12.8 Å². The van der Waals surface area contributed by atoms with Gasteiger partial charge < -0.3 is 14.8 Å². The summed E-state index contributed by atoms with van der Waals surface area (Å²) in [5.74, 6) is 1.14. The minimum absolute atomic E-state index is 0.0607. The Balaban J connectivity index is 1.56. The van der Waals surface area contributed by atoms with Gasteiger partial charge >= 0.3 is 0 Å². The number of methoxy groups -OCH3 is 1. The van der Waals surface area contributed by atoms with Crippen molar-refractivity contribution in [2.75, 3.05) is 13.7 Å². The number of pyridine rings is 2. The van der Waals surface area contributed by atoms with Crippen LogP contribution in [0.15, 0.2) is 67.1 Å². The van der Waals surface area contributed by atoms with E-state index in [9.17, 15) is 4.79 Å². The number of nitrogens with zero attached hydrogens (tertiary/aromatic N) is 2. The lowest BCUT2D eigenvalue weighted by Gasteiger charge is -2.11. The maximum atomic E-state index is 12.1. The van der Waals surface area contributed by atoms with Gasteiger partial charge in [0.15, 0.2) is 6.61 Å². The fourth-order valence-electron chi connectivity index (χ4n) is 2.41. The zero-order valence-corrected chi connectivity index (χ0v) is 14.4. The number of carbonyl (C=O) groups excluding carboxylic acids is 1. The number of hydrogen-bond acceptors (Lipinski definition) is 5. The average Bonchev–Trinajstić information content (AvgIpc) is 2.72. The van der Waals surface area contributed by atoms with Gasteiger partial charge in [0.1, 0.15) is 11.5 Å². The van der Waals surface area contributed by atoms with Crippen LogP contribution in [0.2, 0.25) is 0 Å². The summed E-state index contributed by atoms with van der Waals surface area (Å²) in [4.78, 5) is 20.6. The Bertz CT molecular complexity index is 852. The molecule has 6 nitrogen and oxygen atoms in total. The third-order valence-corrected chi connectivity index (χ3v) is 3.73. The lowest BCUT2D eigenvalue weighted by molar-refractivity contribution is -0.123. The predicted molar refractivity (Wildman–Crippen MR) is 97.8 cm³/mol. The molecule has 0 aliphatic heterocycles. The zero-order chi connectivity index (χ0) is 18.2. The van der Waals surface area contributed by atoms with Crippen LogP contribution >= 0.6 is 0 Å². The summed E-state index contributed by atoms with van der Waals surface area (Å²) in [5.41, 5.74) is 2.63. The van der Waals surface area contributed by atoms with Crippen LogP contribution in [0.1, 0.15) is 5.56 Å². The van der Waals surface area contributed by atoms with Crippen molar-refractivity contribution in [3.05, 3.63) is 72.7 Å². The molecule has 1 amide bonds. The molecule has 0 atom stereocenters.